The van der Waals surface area contributed by atoms with Crippen molar-refractivity contribution in [1.29, 1.82) is 0 Å². The van der Waals surface area contributed by atoms with E-state index in [4.69, 9.17) is 23.7 Å². The van der Waals surface area contributed by atoms with Gasteiger partial charge in [0.2, 0.25) is 0 Å². The van der Waals surface area contributed by atoms with Gasteiger partial charge < -0.3 is 23.7 Å². The highest BCUT2D eigenvalue weighted by molar-refractivity contribution is 5.25. The van der Waals surface area contributed by atoms with E-state index >= 15 is 0 Å². The Balaban J connectivity index is 1.65. The normalized spacial score (nSPS) is 38.9. The molecule has 5 nitrogen and oxygen atoms in total. The van der Waals surface area contributed by atoms with Crippen LogP contribution < -0.4 is 0 Å². The lowest BCUT2D eigenvalue weighted by molar-refractivity contribution is -0.207. The molecule has 1 aromatic rings. The maximum atomic E-state index is 14.3. The van der Waals surface area contributed by atoms with Gasteiger partial charge in [0.1, 0.15) is 42.2 Å². The molecule has 0 unspecified atom stereocenters. The fourth-order valence-electron chi connectivity index (χ4n) is 3.79. The largest absolute Gasteiger partial charge is 0.362 e. The van der Waals surface area contributed by atoms with Crippen LogP contribution in [0.5, 0.6) is 0 Å². The van der Waals surface area contributed by atoms with Gasteiger partial charge in [-0.2, -0.15) is 0 Å². The maximum Gasteiger partial charge on any atom is 0.164 e. The Morgan fingerprint density at radius 2 is 1.64 bits per heavy atom. The van der Waals surface area contributed by atoms with Crippen LogP contribution in [0.25, 0.3) is 0 Å². The number of fused-ring (bicyclic) bond motifs is 1. The van der Waals surface area contributed by atoms with Gasteiger partial charge in [0, 0.05) is 11.6 Å². The minimum Gasteiger partial charge on any atom is -0.362 e. The van der Waals surface area contributed by atoms with Gasteiger partial charge in [0.15, 0.2) is 11.6 Å². The minimum atomic E-state index is -0.818. The number of ether oxygens (including phenoxy) is 5. The molecule has 3 heterocycles. The molecule has 3 aliphatic rings. The first kappa shape index (κ1) is 17.3. The molecule has 138 valence electrons. The highest BCUT2D eigenvalue weighted by Gasteiger charge is 2.59. The minimum absolute atomic E-state index is 0.248. The first-order chi connectivity index (χ1) is 11.7. The Morgan fingerprint density at radius 3 is 2.28 bits per heavy atom. The van der Waals surface area contributed by atoms with Gasteiger partial charge in [-0.25, -0.2) is 8.78 Å². The monoisotopic (exact) mass is 356 g/mol. The highest BCUT2D eigenvalue weighted by atomic mass is 19.1. The third kappa shape index (κ3) is 3.08. The molecule has 0 radical (unpaired) electrons. The molecule has 0 aliphatic carbocycles. The molecule has 25 heavy (non-hydrogen) atoms. The van der Waals surface area contributed by atoms with Gasteiger partial charge in [-0.15, -0.1) is 0 Å². The van der Waals surface area contributed by atoms with Gasteiger partial charge in [-0.3, -0.25) is 0 Å². The van der Waals surface area contributed by atoms with Crippen LogP contribution in [0.2, 0.25) is 0 Å². The summed E-state index contributed by atoms with van der Waals surface area (Å²) in [4.78, 5) is 0. The summed E-state index contributed by atoms with van der Waals surface area (Å²) in [5.41, 5.74) is 0.248. The summed E-state index contributed by atoms with van der Waals surface area (Å²) < 4.78 is 57.2. The van der Waals surface area contributed by atoms with E-state index in [1.807, 2.05) is 13.8 Å². The van der Waals surface area contributed by atoms with Gasteiger partial charge >= 0.3 is 0 Å². The predicted octanol–water partition coefficient (Wildman–Crippen LogP) is 3.08. The van der Waals surface area contributed by atoms with Crippen LogP contribution in [0.3, 0.4) is 0 Å². The first-order valence-corrected chi connectivity index (χ1v) is 8.43. The number of benzene rings is 1. The number of halogens is 2. The van der Waals surface area contributed by atoms with Crippen LogP contribution in [-0.2, 0) is 23.7 Å². The Morgan fingerprint density at radius 1 is 0.920 bits per heavy atom. The molecular weight excluding hydrogens is 334 g/mol. The summed E-state index contributed by atoms with van der Waals surface area (Å²) in [5, 5.41) is 0. The van der Waals surface area contributed by atoms with Crippen LogP contribution in [0.15, 0.2) is 18.2 Å². The molecule has 0 saturated carbocycles. The van der Waals surface area contributed by atoms with Crippen LogP contribution in [0.1, 0.15) is 39.4 Å². The summed E-state index contributed by atoms with van der Waals surface area (Å²) in [6.07, 6.45) is -2.46. The molecule has 0 N–H and O–H groups in total. The molecule has 0 spiro atoms. The lowest BCUT2D eigenvalue weighted by Gasteiger charge is -2.27. The number of hydrogen-bond donors (Lipinski definition) is 0. The molecule has 3 saturated heterocycles. The standard InChI is InChI=1S/C18H22F2O5/c1-17(2)21-8-12(23-17)14-16-15(24-18(3,4)25-16)13(22-14)10-6-5-9(19)7-11(10)20/h5-7,12-16H,8H2,1-4H3/t12-,13-,14-,15-,16+/m1/s1. The average molecular weight is 356 g/mol. The van der Waals surface area contributed by atoms with Crippen LogP contribution >= 0.6 is 0 Å². The summed E-state index contributed by atoms with van der Waals surface area (Å²) in [5.74, 6) is -2.83. The average Bonchev–Trinajstić information content (AvgIpc) is 3.10. The smallest absolute Gasteiger partial charge is 0.164 e. The Hall–Kier alpha value is -1.12. The zero-order valence-electron chi connectivity index (χ0n) is 14.6. The molecule has 5 atom stereocenters. The molecule has 1 aromatic carbocycles. The Labute approximate surface area is 145 Å². The Kier molecular flexibility index (Phi) is 3.94. The van der Waals surface area contributed by atoms with E-state index in [0.717, 1.165) is 6.07 Å². The van der Waals surface area contributed by atoms with E-state index in [-0.39, 0.29) is 11.7 Å². The van der Waals surface area contributed by atoms with Crippen molar-refractivity contribution >= 4 is 0 Å². The van der Waals surface area contributed by atoms with E-state index in [1.54, 1.807) is 13.8 Å². The van der Waals surface area contributed by atoms with Crippen molar-refractivity contribution in [2.24, 2.45) is 0 Å². The first-order valence-electron chi connectivity index (χ1n) is 8.43. The second-order valence-corrected chi connectivity index (χ2v) is 7.62. The maximum absolute atomic E-state index is 14.3. The van der Waals surface area contributed by atoms with Gasteiger partial charge in [-0.05, 0) is 33.8 Å². The van der Waals surface area contributed by atoms with E-state index in [2.05, 4.69) is 0 Å². The van der Waals surface area contributed by atoms with E-state index in [1.165, 1.54) is 12.1 Å². The quantitative estimate of drug-likeness (QED) is 0.815. The van der Waals surface area contributed by atoms with Gasteiger partial charge in [-0.1, -0.05) is 6.07 Å². The summed E-state index contributed by atoms with van der Waals surface area (Å²) in [7, 11) is 0. The highest BCUT2D eigenvalue weighted by Crippen LogP contribution is 2.48. The SMILES string of the molecule is CC1(C)O[C@@H]2[C@H](O1)[C@@H](c1ccc(F)cc1F)O[C@@H]2[C@H]1COC(C)(C)O1. The summed E-state index contributed by atoms with van der Waals surface area (Å²) in [6.45, 7) is 7.61. The lowest BCUT2D eigenvalue weighted by Crippen LogP contribution is -2.40. The molecule has 7 heteroatoms. The lowest BCUT2D eigenvalue weighted by atomic mass is 9.99. The van der Waals surface area contributed by atoms with Crippen LogP contribution in [-0.4, -0.2) is 42.6 Å². The van der Waals surface area contributed by atoms with Gasteiger partial charge in [0.25, 0.3) is 0 Å². The zero-order valence-corrected chi connectivity index (χ0v) is 14.6. The van der Waals surface area contributed by atoms with Crippen molar-refractivity contribution in [3.8, 4) is 0 Å². The molecule has 4 rings (SSSR count). The molecule has 3 fully saturated rings. The third-order valence-electron chi connectivity index (χ3n) is 4.76. The molecule has 3 aliphatic heterocycles. The summed E-state index contributed by atoms with van der Waals surface area (Å²) in [6, 6.07) is 3.45. The fraction of sp³-hybridized carbons (Fsp3) is 0.667. The van der Waals surface area contributed by atoms with Gasteiger partial charge in [0.05, 0.1) is 6.61 Å². The second-order valence-electron chi connectivity index (χ2n) is 7.62. The molecule has 0 bridgehead atoms. The van der Waals surface area contributed by atoms with Crippen molar-refractivity contribution in [2.75, 3.05) is 6.61 Å². The topological polar surface area (TPSA) is 46.2 Å². The van der Waals surface area contributed by atoms with Crippen molar-refractivity contribution < 1.29 is 32.5 Å². The second kappa shape index (κ2) is 5.69. The van der Waals surface area contributed by atoms with E-state index in [0.29, 0.717) is 6.61 Å². The van der Waals surface area contributed by atoms with E-state index in [9.17, 15) is 8.78 Å². The number of hydrogen-bond acceptors (Lipinski definition) is 5. The van der Waals surface area contributed by atoms with Crippen molar-refractivity contribution in [3.63, 3.8) is 0 Å². The molecular formula is C18H22F2O5. The summed E-state index contributed by atoms with van der Waals surface area (Å²) >= 11 is 0. The van der Waals surface area contributed by atoms with Crippen LogP contribution in [0, 0.1) is 11.6 Å². The van der Waals surface area contributed by atoms with Crippen molar-refractivity contribution in [1.82, 2.24) is 0 Å². The third-order valence-corrected chi connectivity index (χ3v) is 4.76. The molecule has 0 amide bonds. The van der Waals surface area contributed by atoms with Crippen molar-refractivity contribution in [2.45, 2.75) is 69.8 Å². The van der Waals surface area contributed by atoms with Crippen molar-refractivity contribution in [3.05, 3.63) is 35.4 Å². The van der Waals surface area contributed by atoms with Crippen LogP contribution in [0.4, 0.5) is 8.78 Å². The van der Waals surface area contributed by atoms with E-state index < -0.39 is 47.6 Å². The molecule has 0 aromatic heterocycles. The zero-order chi connectivity index (χ0) is 18.0. The fourth-order valence-corrected chi connectivity index (χ4v) is 3.79. The number of rotatable bonds is 2. The predicted molar refractivity (Wildman–Crippen MR) is 82.7 cm³/mol. The Bertz CT molecular complexity index is 677.